The van der Waals surface area contributed by atoms with Gasteiger partial charge in [-0.05, 0) is 17.7 Å². The highest BCUT2D eigenvalue weighted by Crippen LogP contribution is 2.02. The van der Waals surface area contributed by atoms with Gasteiger partial charge in [-0.3, -0.25) is 4.79 Å². The second-order valence-corrected chi connectivity index (χ2v) is 2.93. The third-order valence-corrected chi connectivity index (χ3v) is 1.68. The van der Waals surface area contributed by atoms with Crippen LogP contribution < -0.4 is 5.32 Å². The minimum Gasteiger partial charge on any atom is -0.353 e. The standard InChI is InChI=1S/C11H11N3O/c1-9(15)13-5-2-3-10-4-6-14-11(7-10)8-12/h2-4,6-7H,5H2,1H3,(H,13,15). The number of hydrogen-bond donors (Lipinski definition) is 1. The number of aromatic nitrogens is 1. The van der Waals surface area contributed by atoms with Gasteiger partial charge in [0.05, 0.1) is 0 Å². The zero-order valence-electron chi connectivity index (χ0n) is 8.40. The van der Waals surface area contributed by atoms with Crippen molar-refractivity contribution in [2.45, 2.75) is 6.92 Å². The minimum atomic E-state index is -0.0629. The largest absolute Gasteiger partial charge is 0.353 e. The van der Waals surface area contributed by atoms with Crippen LogP contribution >= 0.6 is 0 Å². The van der Waals surface area contributed by atoms with E-state index in [4.69, 9.17) is 5.26 Å². The fourth-order valence-corrected chi connectivity index (χ4v) is 1.01. The Labute approximate surface area is 88.3 Å². The van der Waals surface area contributed by atoms with Crippen LogP contribution in [0.3, 0.4) is 0 Å². The van der Waals surface area contributed by atoms with Gasteiger partial charge < -0.3 is 5.32 Å². The van der Waals surface area contributed by atoms with Crippen molar-refractivity contribution in [1.29, 1.82) is 5.26 Å². The van der Waals surface area contributed by atoms with Gasteiger partial charge in [-0.1, -0.05) is 12.2 Å². The summed E-state index contributed by atoms with van der Waals surface area (Å²) in [5, 5.41) is 11.3. The van der Waals surface area contributed by atoms with Crippen LogP contribution in [0.2, 0.25) is 0 Å². The zero-order chi connectivity index (χ0) is 11.1. The maximum absolute atomic E-state index is 10.6. The average molecular weight is 201 g/mol. The number of carbonyl (C=O) groups is 1. The summed E-state index contributed by atoms with van der Waals surface area (Å²) < 4.78 is 0. The first-order chi connectivity index (χ1) is 7.22. The Morgan fingerprint density at radius 1 is 1.73 bits per heavy atom. The highest BCUT2D eigenvalue weighted by molar-refractivity contribution is 5.73. The van der Waals surface area contributed by atoms with E-state index in [0.29, 0.717) is 12.2 Å². The van der Waals surface area contributed by atoms with Crippen molar-refractivity contribution in [3.8, 4) is 6.07 Å². The molecule has 0 aliphatic heterocycles. The molecule has 4 heteroatoms. The summed E-state index contributed by atoms with van der Waals surface area (Å²) in [6.07, 6.45) is 5.23. The Morgan fingerprint density at radius 3 is 3.20 bits per heavy atom. The molecule has 15 heavy (non-hydrogen) atoms. The van der Waals surface area contributed by atoms with Crippen molar-refractivity contribution in [3.63, 3.8) is 0 Å². The lowest BCUT2D eigenvalue weighted by atomic mass is 10.2. The summed E-state index contributed by atoms with van der Waals surface area (Å²) in [6.45, 7) is 1.95. The number of hydrogen-bond acceptors (Lipinski definition) is 3. The molecule has 0 aromatic carbocycles. The molecule has 1 N–H and O–H groups in total. The van der Waals surface area contributed by atoms with E-state index in [1.807, 2.05) is 18.2 Å². The van der Waals surface area contributed by atoms with Gasteiger partial charge in [-0.25, -0.2) is 4.98 Å². The van der Waals surface area contributed by atoms with Gasteiger partial charge in [-0.15, -0.1) is 0 Å². The predicted octanol–water partition coefficient (Wildman–Crippen LogP) is 1.10. The van der Waals surface area contributed by atoms with Gasteiger partial charge in [0.2, 0.25) is 5.91 Å². The van der Waals surface area contributed by atoms with E-state index in [1.54, 1.807) is 18.3 Å². The fraction of sp³-hybridized carbons (Fsp3) is 0.182. The molecule has 1 heterocycles. The number of carbonyl (C=O) groups excluding carboxylic acids is 1. The van der Waals surface area contributed by atoms with E-state index in [-0.39, 0.29) is 5.91 Å². The molecule has 4 nitrogen and oxygen atoms in total. The predicted molar refractivity (Wildman–Crippen MR) is 56.7 cm³/mol. The number of nitrogens with zero attached hydrogens (tertiary/aromatic N) is 2. The molecular formula is C11H11N3O. The topological polar surface area (TPSA) is 65.8 Å². The maximum atomic E-state index is 10.6. The van der Waals surface area contributed by atoms with E-state index in [1.165, 1.54) is 6.92 Å². The van der Waals surface area contributed by atoms with Gasteiger partial charge in [-0.2, -0.15) is 5.26 Å². The molecule has 0 aliphatic rings. The number of nitrogens with one attached hydrogen (secondary N) is 1. The van der Waals surface area contributed by atoms with Crippen molar-refractivity contribution in [3.05, 3.63) is 35.7 Å². The molecule has 0 atom stereocenters. The molecule has 0 bridgehead atoms. The minimum absolute atomic E-state index is 0.0629. The Kier molecular flexibility index (Phi) is 4.05. The van der Waals surface area contributed by atoms with E-state index in [9.17, 15) is 4.79 Å². The van der Waals surface area contributed by atoms with Gasteiger partial charge in [0.25, 0.3) is 0 Å². The molecule has 0 aliphatic carbocycles. The average Bonchev–Trinajstić information content (AvgIpc) is 2.24. The molecule has 0 spiro atoms. The van der Waals surface area contributed by atoms with Crippen LogP contribution in [0.1, 0.15) is 18.2 Å². The number of nitriles is 1. The SMILES string of the molecule is CC(=O)NCC=Cc1ccnc(C#N)c1. The second-order valence-electron chi connectivity index (χ2n) is 2.93. The van der Waals surface area contributed by atoms with Gasteiger partial charge in [0.1, 0.15) is 11.8 Å². The van der Waals surface area contributed by atoms with Crippen molar-refractivity contribution >= 4 is 12.0 Å². The Hall–Kier alpha value is -2.15. The van der Waals surface area contributed by atoms with E-state index >= 15 is 0 Å². The lowest BCUT2D eigenvalue weighted by molar-refractivity contribution is -0.118. The molecule has 0 radical (unpaired) electrons. The van der Waals surface area contributed by atoms with Crippen molar-refractivity contribution in [2.75, 3.05) is 6.54 Å². The summed E-state index contributed by atoms with van der Waals surface area (Å²) in [4.78, 5) is 14.4. The summed E-state index contributed by atoms with van der Waals surface area (Å²) in [7, 11) is 0. The zero-order valence-corrected chi connectivity index (χ0v) is 8.40. The first-order valence-electron chi connectivity index (χ1n) is 4.49. The third-order valence-electron chi connectivity index (χ3n) is 1.68. The van der Waals surface area contributed by atoms with Gasteiger partial charge in [0, 0.05) is 19.7 Å². The monoisotopic (exact) mass is 201 g/mol. The smallest absolute Gasteiger partial charge is 0.217 e. The number of pyridine rings is 1. The Bertz CT molecular complexity index is 418. The summed E-state index contributed by atoms with van der Waals surface area (Å²) >= 11 is 0. The molecule has 0 saturated carbocycles. The van der Waals surface area contributed by atoms with Gasteiger partial charge in [0.15, 0.2) is 0 Å². The quantitative estimate of drug-likeness (QED) is 0.796. The number of rotatable bonds is 3. The summed E-state index contributed by atoms with van der Waals surface area (Å²) in [5.41, 5.74) is 1.28. The van der Waals surface area contributed by atoms with Crippen LogP contribution in [0.4, 0.5) is 0 Å². The fourth-order valence-electron chi connectivity index (χ4n) is 1.01. The Morgan fingerprint density at radius 2 is 2.53 bits per heavy atom. The van der Waals surface area contributed by atoms with Crippen LogP contribution in [0.5, 0.6) is 0 Å². The summed E-state index contributed by atoms with van der Waals surface area (Å²) in [6, 6.07) is 5.44. The highest BCUT2D eigenvalue weighted by Gasteiger charge is 1.91. The van der Waals surface area contributed by atoms with Crippen LogP contribution in [0, 0.1) is 11.3 Å². The summed E-state index contributed by atoms with van der Waals surface area (Å²) in [5.74, 6) is -0.0629. The van der Waals surface area contributed by atoms with Crippen LogP contribution in [-0.2, 0) is 4.79 Å². The molecule has 1 aromatic rings. The van der Waals surface area contributed by atoms with Crippen LogP contribution in [0.15, 0.2) is 24.4 Å². The normalized spacial score (nSPS) is 9.87. The molecular weight excluding hydrogens is 190 g/mol. The third kappa shape index (κ3) is 4.05. The first kappa shape index (κ1) is 10.9. The van der Waals surface area contributed by atoms with E-state index < -0.39 is 0 Å². The molecule has 76 valence electrons. The van der Waals surface area contributed by atoms with Gasteiger partial charge >= 0.3 is 0 Å². The highest BCUT2D eigenvalue weighted by atomic mass is 16.1. The van der Waals surface area contributed by atoms with Crippen molar-refractivity contribution in [2.24, 2.45) is 0 Å². The van der Waals surface area contributed by atoms with E-state index in [2.05, 4.69) is 10.3 Å². The van der Waals surface area contributed by atoms with Crippen molar-refractivity contribution in [1.82, 2.24) is 10.3 Å². The molecule has 0 fully saturated rings. The molecule has 0 unspecified atom stereocenters. The van der Waals surface area contributed by atoms with Crippen LogP contribution in [0.25, 0.3) is 6.08 Å². The lowest BCUT2D eigenvalue weighted by Crippen LogP contribution is -2.19. The lowest BCUT2D eigenvalue weighted by Gasteiger charge is -1.95. The first-order valence-corrected chi connectivity index (χ1v) is 4.49. The van der Waals surface area contributed by atoms with Crippen molar-refractivity contribution < 1.29 is 4.79 Å². The molecule has 1 rings (SSSR count). The molecule has 0 saturated heterocycles. The second kappa shape index (κ2) is 5.55. The number of amides is 1. The van der Waals surface area contributed by atoms with Crippen LogP contribution in [-0.4, -0.2) is 17.4 Å². The molecule has 1 amide bonds. The molecule has 1 aromatic heterocycles. The Balaban J connectivity index is 2.57. The van der Waals surface area contributed by atoms with E-state index in [0.717, 1.165) is 5.56 Å². The maximum Gasteiger partial charge on any atom is 0.217 e.